The molecule has 1 aromatic carbocycles. The first-order chi connectivity index (χ1) is 8.63. The Balaban J connectivity index is 2.92. The molecule has 0 unspecified atom stereocenters. The molecule has 0 bridgehead atoms. The number of nitrogens with zero attached hydrogens (tertiary/aromatic N) is 2. The van der Waals surface area contributed by atoms with Gasteiger partial charge in [-0.25, -0.2) is 4.39 Å². The molecule has 0 aromatic heterocycles. The van der Waals surface area contributed by atoms with Crippen LogP contribution >= 0.6 is 0 Å². The standard InChI is InChI=1S/C13H15FN2O2/c1-3-16(8-7-13(17)18-2)12-6-4-5-11(14)10(12)9-15/h4-6H,3,7-8H2,1-2H3. The summed E-state index contributed by atoms with van der Waals surface area (Å²) in [4.78, 5) is 12.9. The Morgan fingerprint density at radius 2 is 2.28 bits per heavy atom. The molecule has 0 N–H and O–H groups in total. The van der Waals surface area contributed by atoms with E-state index in [0.29, 0.717) is 18.8 Å². The van der Waals surface area contributed by atoms with Crippen LogP contribution in [0.5, 0.6) is 0 Å². The van der Waals surface area contributed by atoms with Gasteiger partial charge in [-0.05, 0) is 19.1 Å². The lowest BCUT2D eigenvalue weighted by Crippen LogP contribution is -2.27. The number of halogens is 1. The molecule has 0 atom stereocenters. The molecule has 1 aromatic rings. The highest BCUT2D eigenvalue weighted by Crippen LogP contribution is 2.22. The maximum atomic E-state index is 13.5. The maximum absolute atomic E-state index is 13.5. The second-order valence-electron chi connectivity index (χ2n) is 3.65. The Labute approximate surface area is 106 Å². The molecule has 4 nitrogen and oxygen atoms in total. The van der Waals surface area contributed by atoms with Gasteiger partial charge < -0.3 is 9.64 Å². The van der Waals surface area contributed by atoms with Crippen molar-refractivity contribution in [3.8, 4) is 6.07 Å². The van der Waals surface area contributed by atoms with Gasteiger partial charge in [0.15, 0.2) is 0 Å². The van der Waals surface area contributed by atoms with Crippen molar-refractivity contribution in [2.24, 2.45) is 0 Å². The Bertz CT molecular complexity index is 469. The highest BCUT2D eigenvalue weighted by Gasteiger charge is 2.14. The van der Waals surface area contributed by atoms with Crippen LogP contribution in [-0.2, 0) is 9.53 Å². The summed E-state index contributed by atoms with van der Waals surface area (Å²) < 4.78 is 18.0. The highest BCUT2D eigenvalue weighted by molar-refractivity contribution is 5.70. The Morgan fingerprint density at radius 1 is 1.56 bits per heavy atom. The largest absolute Gasteiger partial charge is 0.469 e. The van der Waals surface area contributed by atoms with Gasteiger partial charge in [-0.15, -0.1) is 0 Å². The summed E-state index contributed by atoms with van der Waals surface area (Å²) in [5.74, 6) is -0.880. The molecule has 0 saturated heterocycles. The number of carbonyl (C=O) groups excluding carboxylic acids is 1. The van der Waals surface area contributed by atoms with E-state index in [2.05, 4.69) is 4.74 Å². The summed E-state index contributed by atoms with van der Waals surface area (Å²) in [6.45, 7) is 2.85. The van der Waals surface area contributed by atoms with Crippen LogP contribution in [0.2, 0.25) is 0 Å². The summed E-state index contributed by atoms with van der Waals surface area (Å²) in [6.07, 6.45) is 0.200. The lowest BCUT2D eigenvalue weighted by Gasteiger charge is -2.23. The van der Waals surface area contributed by atoms with Crippen LogP contribution in [0.25, 0.3) is 0 Å². The van der Waals surface area contributed by atoms with Gasteiger partial charge in [-0.2, -0.15) is 5.26 Å². The number of benzene rings is 1. The van der Waals surface area contributed by atoms with Crippen LogP contribution in [0.4, 0.5) is 10.1 Å². The predicted molar refractivity (Wildman–Crippen MR) is 65.6 cm³/mol. The third-order valence-electron chi connectivity index (χ3n) is 2.64. The van der Waals surface area contributed by atoms with Crippen molar-refractivity contribution < 1.29 is 13.9 Å². The van der Waals surface area contributed by atoms with Gasteiger partial charge in [0.25, 0.3) is 0 Å². The normalized spacial score (nSPS) is 9.67. The summed E-state index contributed by atoms with van der Waals surface area (Å²) >= 11 is 0. The van der Waals surface area contributed by atoms with E-state index in [1.807, 2.05) is 13.0 Å². The number of anilines is 1. The fourth-order valence-electron chi connectivity index (χ4n) is 1.66. The molecule has 1 rings (SSSR count). The molecule has 0 aliphatic carbocycles. The number of esters is 1. The van der Waals surface area contributed by atoms with Gasteiger partial charge >= 0.3 is 5.97 Å². The molecule has 96 valence electrons. The minimum atomic E-state index is -0.550. The van der Waals surface area contributed by atoms with Crippen LogP contribution in [0.3, 0.4) is 0 Å². The van der Waals surface area contributed by atoms with E-state index in [9.17, 15) is 9.18 Å². The van der Waals surface area contributed by atoms with Crippen LogP contribution < -0.4 is 4.90 Å². The van der Waals surface area contributed by atoms with Gasteiger partial charge in [0.05, 0.1) is 19.2 Å². The Hall–Kier alpha value is -2.09. The molecule has 0 spiro atoms. The first kappa shape index (κ1) is 14.0. The zero-order chi connectivity index (χ0) is 13.5. The summed E-state index contributed by atoms with van der Waals surface area (Å²) in [5.41, 5.74) is 0.508. The molecule has 0 saturated carbocycles. The number of carbonyl (C=O) groups is 1. The number of hydrogen-bond acceptors (Lipinski definition) is 4. The minimum Gasteiger partial charge on any atom is -0.469 e. The molecule has 0 amide bonds. The molecule has 0 aliphatic rings. The predicted octanol–water partition coefficient (Wildman–Crippen LogP) is 2.09. The van der Waals surface area contributed by atoms with Crippen molar-refractivity contribution in [1.29, 1.82) is 5.26 Å². The number of nitriles is 1. The third kappa shape index (κ3) is 3.20. The van der Waals surface area contributed by atoms with Crippen molar-refractivity contribution in [3.63, 3.8) is 0 Å². The van der Waals surface area contributed by atoms with Crippen molar-refractivity contribution in [1.82, 2.24) is 0 Å². The second kappa shape index (κ2) is 6.60. The molecule has 0 radical (unpaired) electrons. The molecular weight excluding hydrogens is 235 g/mol. The Kier molecular flexibility index (Phi) is 5.12. The smallest absolute Gasteiger partial charge is 0.307 e. The topological polar surface area (TPSA) is 53.3 Å². The SMILES string of the molecule is CCN(CCC(=O)OC)c1cccc(F)c1C#N. The average Bonchev–Trinajstić information content (AvgIpc) is 2.39. The van der Waals surface area contributed by atoms with Gasteiger partial charge in [0, 0.05) is 13.1 Å². The highest BCUT2D eigenvalue weighted by atomic mass is 19.1. The van der Waals surface area contributed by atoms with E-state index in [4.69, 9.17) is 5.26 Å². The number of rotatable bonds is 5. The summed E-state index contributed by atoms with van der Waals surface area (Å²) in [5, 5.41) is 8.96. The van der Waals surface area contributed by atoms with Gasteiger partial charge in [-0.1, -0.05) is 6.07 Å². The third-order valence-corrected chi connectivity index (χ3v) is 2.64. The lowest BCUT2D eigenvalue weighted by molar-refractivity contribution is -0.140. The average molecular weight is 250 g/mol. The van der Waals surface area contributed by atoms with Crippen LogP contribution in [0.1, 0.15) is 18.9 Å². The first-order valence-electron chi connectivity index (χ1n) is 5.64. The van der Waals surface area contributed by atoms with Crippen LogP contribution in [0, 0.1) is 17.1 Å². The van der Waals surface area contributed by atoms with Gasteiger partial charge in [0.1, 0.15) is 17.4 Å². The fourth-order valence-corrected chi connectivity index (χ4v) is 1.66. The van der Waals surface area contributed by atoms with Crippen molar-refractivity contribution in [2.45, 2.75) is 13.3 Å². The van der Waals surface area contributed by atoms with Crippen molar-refractivity contribution in [2.75, 3.05) is 25.1 Å². The number of ether oxygens (including phenoxy) is 1. The van der Waals surface area contributed by atoms with Gasteiger partial charge in [0.2, 0.25) is 0 Å². The summed E-state index contributed by atoms with van der Waals surface area (Å²) in [6, 6.07) is 6.31. The zero-order valence-corrected chi connectivity index (χ0v) is 10.4. The van der Waals surface area contributed by atoms with Crippen molar-refractivity contribution in [3.05, 3.63) is 29.6 Å². The van der Waals surface area contributed by atoms with Gasteiger partial charge in [-0.3, -0.25) is 4.79 Å². The Morgan fingerprint density at radius 3 is 2.83 bits per heavy atom. The van der Waals surface area contributed by atoms with E-state index < -0.39 is 5.82 Å². The van der Waals surface area contributed by atoms with E-state index >= 15 is 0 Å². The van der Waals surface area contributed by atoms with E-state index in [-0.39, 0.29) is 18.0 Å². The molecule has 0 aliphatic heterocycles. The quantitative estimate of drug-likeness (QED) is 0.751. The molecule has 0 heterocycles. The zero-order valence-electron chi connectivity index (χ0n) is 10.4. The summed E-state index contributed by atoms with van der Waals surface area (Å²) in [7, 11) is 1.32. The first-order valence-corrected chi connectivity index (χ1v) is 5.64. The van der Waals surface area contributed by atoms with E-state index in [0.717, 1.165) is 0 Å². The second-order valence-corrected chi connectivity index (χ2v) is 3.65. The fraction of sp³-hybridized carbons (Fsp3) is 0.385. The number of methoxy groups -OCH3 is 1. The maximum Gasteiger partial charge on any atom is 0.307 e. The molecule has 0 fully saturated rings. The van der Waals surface area contributed by atoms with E-state index in [1.54, 1.807) is 17.0 Å². The monoisotopic (exact) mass is 250 g/mol. The van der Waals surface area contributed by atoms with Crippen molar-refractivity contribution >= 4 is 11.7 Å². The lowest BCUT2D eigenvalue weighted by atomic mass is 10.1. The van der Waals surface area contributed by atoms with Crippen LogP contribution in [0.15, 0.2) is 18.2 Å². The van der Waals surface area contributed by atoms with Crippen LogP contribution in [-0.4, -0.2) is 26.2 Å². The molecule has 18 heavy (non-hydrogen) atoms. The molecular formula is C13H15FN2O2. The number of hydrogen-bond donors (Lipinski definition) is 0. The minimum absolute atomic E-state index is 0.00390. The molecule has 5 heteroatoms. The van der Waals surface area contributed by atoms with E-state index in [1.165, 1.54) is 13.2 Å².